The van der Waals surface area contributed by atoms with Gasteiger partial charge in [0.15, 0.2) is 5.11 Å². The third-order valence-electron chi connectivity index (χ3n) is 2.52. The van der Waals surface area contributed by atoms with Gasteiger partial charge in [0.05, 0.1) is 26.3 Å². The first-order chi connectivity index (χ1) is 9.34. The molecule has 0 aliphatic carbocycles. The quantitative estimate of drug-likeness (QED) is 0.447. The minimum atomic E-state index is -1.82. The van der Waals surface area contributed by atoms with Crippen LogP contribution in [0.15, 0.2) is 0 Å². The highest BCUT2D eigenvalue weighted by atomic mass is 35.6. The highest BCUT2D eigenvalue weighted by Gasteiger charge is 2.35. The molecule has 0 aromatic heterocycles. The molecular weight excluding hydrogens is 352 g/mol. The number of nitrogens with one attached hydrogen (secondary N) is 2. The number of hydrogen-bond acceptors (Lipinski definition) is 3. The van der Waals surface area contributed by atoms with Gasteiger partial charge in [-0.1, -0.05) is 34.8 Å². The van der Waals surface area contributed by atoms with Crippen molar-refractivity contribution in [3.05, 3.63) is 0 Å². The zero-order valence-electron chi connectivity index (χ0n) is 10.5. The smallest absolute Gasteiger partial charge is 0.228 e. The maximum absolute atomic E-state index is 12.1. The van der Waals surface area contributed by atoms with Crippen LogP contribution in [0, 0.1) is 0 Å². The Kier molecular flexibility index (Phi) is 7.53. The number of halogens is 4. The Balaban J connectivity index is 2.59. The van der Waals surface area contributed by atoms with Crippen LogP contribution in [-0.4, -0.2) is 58.9 Å². The first kappa shape index (κ1) is 18.0. The molecule has 0 aromatic carbocycles. The zero-order valence-corrected chi connectivity index (χ0v) is 13.6. The van der Waals surface area contributed by atoms with E-state index in [2.05, 4.69) is 10.6 Å². The van der Waals surface area contributed by atoms with Crippen LogP contribution in [0.5, 0.6) is 0 Å². The monoisotopic (exact) mass is 365 g/mol. The van der Waals surface area contributed by atoms with Gasteiger partial charge in [-0.3, -0.25) is 9.18 Å². The van der Waals surface area contributed by atoms with Crippen LogP contribution in [0.25, 0.3) is 0 Å². The van der Waals surface area contributed by atoms with E-state index in [1.807, 2.05) is 4.90 Å². The lowest BCUT2D eigenvalue weighted by atomic mass is 10.4. The molecule has 1 atom stereocenters. The van der Waals surface area contributed by atoms with Crippen LogP contribution in [0.1, 0.15) is 6.42 Å². The number of carbonyl (C=O) groups excluding carboxylic acids is 1. The molecule has 0 radical (unpaired) electrons. The summed E-state index contributed by atoms with van der Waals surface area (Å²) in [6.07, 6.45) is -1.34. The van der Waals surface area contributed by atoms with Crippen LogP contribution >= 0.6 is 47.0 Å². The minimum absolute atomic E-state index is 0.302. The summed E-state index contributed by atoms with van der Waals surface area (Å²) in [5.74, 6) is -0.568. The lowest BCUT2D eigenvalue weighted by Gasteiger charge is -2.34. The second-order valence-corrected chi connectivity index (χ2v) is 6.79. The molecule has 20 heavy (non-hydrogen) atoms. The number of rotatable bonds is 4. The Bertz CT molecular complexity index is 351. The number of ether oxygens (including phenoxy) is 1. The van der Waals surface area contributed by atoms with Crippen molar-refractivity contribution >= 4 is 58.0 Å². The molecule has 1 unspecified atom stereocenters. The van der Waals surface area contributed by atoms with Crippen molar-refractivity contribution in [3.63, 3.8) is 0 Å². The summed E-state index contributed by atoms with van der Waals surface area (Å²) in [4.78, 5) is 13.3. The molecule has 0 spiro atoms. The molecule has 1 fully saturated rings. The maximum atomic E-state index is 12.1. The minimum Gasteiger partial charge on any atom is -0.378 e. The third-order valence-corrected chi connectivity index (χ3v) is 3.55. The van der Waals surface area contributed by atoms with E-state index >= 15 is 0 Å². The Morgan fingerprint density at radius 1 is 1.35 bits per heavy atom. The average molecular weight is 367 g/mol. The van der Waals surface area contributed by atoms with E-state index in [0.29, 0.717) is 31.4 Å². The second-order valence-electron chi connectivity index (χ2n) is 4.03. The third kappa shape index (κ3) is 6.13. The topological polar surface area (TPSA) is 53.6 Å². The number of hydrogen-bond donors (Lipinski definition) is 2. The van der Waals surface area contributed by atoms with Crippen molar-refractivity contribution in [1.82, 2.24) is 15.5 Å². The van der Waals surface area contributed by atoms with Crippen molar-refractivity contribution in [2.75, 3.05) is 33.0 Å². The Labute approximate surface area is 137 Å². The van der Waals surface area contributed by atoms with Gasteiger partial charge in [-0.15, -0.1) is 0 Å². The van der Waals surface area contributed by atoms with E-state index in [9.17, 15) is 9.18 Å². The van der Waals surface area contributed by atoms with Crippen LogP contribution in [0.4, 0.5) is 4.39 Å². The summed E-state index contributed by atoms with van der Waals surface area (Å²) in [6.45, 7) is 1.53. The van der Waals surface area contributed by atoms with E-state index in [1.54, 1.807) is 0 Å². The van der Waals surface area contributed by atoms with Crippen molar-refractivity contribution in [1.29, 1.82) is 0 Å². The van der Waals surface area contributed by atoms with E-state index in [1.165, 1.54) is 0 Å². The Morgan fingerprint density at radius 3 is 2.45 bits per heavy atom. The van der Waals surface area contributed by atoms with Crippen LogP contribution in [-0.2, 0) is 9.53 Å². The molecule has 0 aromatic rings. The lowest BCUT2D eigenvalue weighted by Crippen LogP contribution is -2.59. The number of nitrogens with zero attached hydrogens (tertiary/aromatic N) is 1. The van der Waals surface area contributed by atoms with Crippen LogP contribution in [0.3, 0.4) is 0 Å². The molecule has 1 saturated heterocycles. The molecule has 116 valence electrons. The molecule has 1 aliphatic heterocycles. The second kappa shape index (κ2) is 8.38. The fraction of sp³-hybridized carbons (Fsp3) is 0.800. The number of morpholine rings is 1. The largest absolute Gasteiger partial charge is 0.378 e. The highest BCUT2D eigenvalue weighted by molar-refractivity contribution is 7.80. The van der Waals surface area contributed by atoms with E-state index < -0.39 is 22.5 Å². The Morgan fingerprint density at radius 2 is 1.95 bits per heavy atom. The molecule has 5 nitrogen and oxygen atoms in total. The molecule has 1 aliphatic rings. The van der Waals surface area contributed by atoms with Gasteiger partial charge in [0.1, 0.15) is 6.17 Å². The van der Waals surface area contributed by atoms with Crippen LogP contribution < -0.4 is 10.6 Å². The molecular formula is C10H15Cl3FN3O2S. The average Bonchev–Trinajstić information content (AvgIpc) is 2.38. The fourth-order valence-electron chi connectivity index (χ4n) is 1.50. The van der Waals surface area contributed by atoms with Gasteiger partial charge in [0, 0.05) is 13.1 Å². The first-order valence-corrected chi connectivity index (χ1v) is 7.44. The van der Waals surface area contributed by atoms with E-state index in [4.69, 9.17) is 51.8 Å². The molecule has 1 amide bonds. The number of amides is 1. The number of carbonyl (C=O) groups is 1. The van der Waals surface area contributed by atoms with E-state index in [0.717, 1.165) is 0 Å². The van der Waals surface area contributed by atoms with Crippen molar-refractivity contribution in [2.45, 2.75) is 16.4 Å². The van der Waals surface area contributed by atoms with Gasteiger partial charge in [0.25, 0.3) is 0 Å². The summed E-state index contributed by atoms with van der Waals surface area (Å²) >= 11 is 22.5. The highest BCUT2D eigenvalue weighted by Crippen LogP contribution is 2.29. The zero-order chi connectivity index (χ0) is 15.2. The van der Waals surface area contributed by atoms with E-state index in [-0.39, 0.29) is 6.42 Å². The molecule has 1 rings (SSSR count). The SMILES string of the molecule is O=C(CCF)NC(NC(=S)N1CCOCC1)C(Cl)(Cl)Cl. The van der Waals surface area contributed by atoms with Crippen molar-refractivity contribution < 1.29 is 13.9 Å². The predicted molar refractivity (Wildman–Crippen MR) is 80.9 cm³/mol. The summed E-state index contributed by atoms with van der Waals surface area (Å²) in [5, 5.41) is 5.50. The van der Waals surface area contributed by atoms with Gasteiger partial charge in [-0.05, 0) is 12.2 Å². The summed E-state index contributed by atoms with van der Waals surface area (Å²) in [7, 11) is 0. The van der Waals surface area contributed by atoms with Crippen molar-refractivity contribution in [2.24, 2.45) is 0 Å². The molecule has 1 heterocycles. The van der Waals surface area contributed by atoms with Gasteiger partial charge < -0.3 is 20.3 Å². The standard InChI is InChI=1S/C10H15Cl3FN3O2S/c11-10(12,13)8(15-7(18)1-2-14)16-9(20)17-3-5-19-6-4-17/h8H,1-6H2,(H,15,18)(H,16,20). The van der Waals surface area contributed by atoms with Crippen molar-refractivity contribution in [3.8, 4) is 0 Å². The summed E-state index contributed by atoms with van der Waals surface area (Å²) in [6, 6.07) is 0. The van der Waals surface area contributed by atoms with Crippen LogP contribution in [0.2, 0.25) is 0 Å². The summed E-state index contributed by atoms with van der Waals surface area (Å²) in [5.41, 5.74) is 0. The molecule has 10 heteroatoms. The molecule has 0 saturated carbocycles. The first-order valence-electron chi connectivity index (χ1n) is 5.90. The van der Waals surface area contributed by atoms with Gasteiger partial charge in [0.2, 0.25) is 9.70 Å². The molecule has 0 bridgehead atoms. The predicted octanol–water partition coefficient (Wildman–Crippen LogP) is 1.37. The number of thiocarbonyl (C=S) groups is 1. The maximum Gasteiger partial charge on any atom is 0.228 e. The normalized spacial score (nSPS) is 17.5. The number of alkyl halides is 4. The van der Waals surface area contributed by atoms with Gasteiger partial charge >= 0.3 is 0 Å². The van der Waals surface area contributed by atoms with Gasteiger partial charge in [-0.25, -0.2) is 0 Å². The lowest BCUT2D eigenvalue weighted by molar-refractivity contribution is -0.122. The summed E-state index contributed by atoms with van der Waals surface area (Å²) < 4.78 is 15.5. The van der Waals surface area contributed by atoms with Gasteiger partial charge in [-0.2, -0.15) is 0 Å². The Hall–Kier alpha value is -0.0800. The fourth-order valence-corrected chi connectivity index (χ4v) is 2.13. The molecule has 2 N–H and O–H groups in total.